The quantitative estimate of drug-likeness (QED) is 0.888. The van der Waals surface area contributed by atoms with E-state index in [2.05, 4.69) is 20.5 Å². The molecule has 0 saturated carbocycles. The van der Waals surface area contributed by atoms with Crippen LogP contribution in [0.4, 0.5) is 10.7 Å². The molecule has 0 aliphatic carbocycles. The van der Waals surface area contributed by atoms with Crippen molar-refractivity contribution in [2.45, 2.75) is 65.0 Å². The van der Waals surface area contributed by atoms with E-state index in [1.165, 1.54) is 4.90 Å². The Morgan fingerprint density at radius 3 is 2.65 bits per heavy atom. The molecule has 1 aliphatic heterocycles. The summed E-state index contributed by atoms with van der Waals surface area (Å²) in [5.41, 5.74) is -0.587. The van der Waals surface area contributed by atoms with Gasteiger partial charge in [0.05, 0.1) is 0 Å². The molecule has 8 nitrogen and oxygen atoms in total. The van der Waals surface area contributed by atoms with Crippen molar-refractivity contribution in [2.75, 3.05) is 11.9 Å². The number of aromatic amines is 1. The SMILES string of the molecule is CC(C)c1nc(NC(=O)[C@@H]2CCCN2C(=O)OC(C)(C)C)n[nH]1. The van der Waals surface area contributed by atoms with E-state index >= 15 is 0 Å². The van der Waals surface area contributed by atoms with Crippen LogP contribution in [0.15, 0.2) is 0 Å². The van der Waals surface area contributed by atoms with E-state index in [1.807, 2.05) is 13.8 Å². The Morgan fingerprint density at radius 2 is 2.09 bits per heavy atom. The van der Waals surface area contributed by atoms with Gasteiger partial charge in [0, 0.05) is 12.5 Å². The number of hydrogen-bond donors (Lipinski definition) is 2. The molecule has 128 valence electrons. The van der Waals surface area contributed by atoms with Gasteiger partial charge >= 0.3 is 6.09 Å². The molecule has 23 heavy (non-hydrogen) atoms. The first-order valence-corrected chi connectivity index (χ1v) is 7.90. The molecule has 2 N–H and O–H groups in total. The summed E-state index contributed by atoms with van der Waals surface area (Å²) >= 11 is 0. The van der Waals surface area contributed by atoms with Crippen LogP contribution in [-0.4, -0.2) is 50.3 Å². The molecule has 1 saturated heterocycles. The predicted octanol–water partition coefficient (Wildman–Crippen LogP) is 2.27. The van der Waals surface area contributed by atoms with Crippen molar-refractivity contribution in [2.24, 2.45) is 0 Å². The van der Waals surface area contributed by atoms with Crippen LogP contribution in [0.2, 0.25) is 0 Å². The molecule has 1 aromatic rings. The molecule has 1 fully saturated rings. The van der Waals surface area contributed by atoms with E-state index in [0.717, 1.165) is 6.42 Å². The summed E-state index contributed by atoms with van der Waals surface area (Å²) < 4.78 is 5.36. The standard InChI is InChI=1S/C15H25N5O3/c1-9(2)11-16-13(19-18-11)17-12(21)10-7-6-8-20(10)14(22)23-15(3,4)5/h9-10H,6-8H2,1-5H3,(H2,16,17,18,19,21)/t10-/m0/s1. The molecule has 1 aromatic heterocycles. The second-order valence-electron chi connectivity index (χ2n) is 7.02. The summed E-state index contributed by atoms with van der Waals surface area (Å²) in [4.78, 5) is 30.3. The maximum absolute atomic E-state index is 12.4. The first-order chi connectivity index (χ1) is 10.7. The van der Waals surface area contributed by atoms with Crippen molar-refractivity contribution in [3.05, 3.63) is 5.82 Å². The maximum atomic E-state index is 12.4. The number of aromatic nitrogens is 3. The van der Waals surface area contributed by atoms with E-state index in [-0.39, 0.29) is 17.8 Å². The summed E-state index contributed by atoms with van der Waals surface area (Å²) in [5.74, 6) is 0.839. The van der Waals surface area contributed by atoms with Crippen LogP contribution in [0.25, 0.3) is 0 Å². The lowest BCUT2D eigenvalue weighted by Gasteiger charge is -2.27. The highest BCUT2D eigenvalue weighted by Gasteiger charge is 2.37. The minimum absolute atomic E-state index is 0.192. The second kappa shape index (κ2) is 6.55. The number of anilines is 1. The van der Waals surface area contributed by atoms with Gasteiger partial charge in [-0.15, -0.1) is 5.10 Å². The highest BCUT2D eigenvalue weighted by atomic mass is 16.6. The number of carbonyl (C=O) groups is 2. The average Bonchev–Trinajstić information content (AvgIpc) is 3.04. The number of likely N-dealkylation sites (tertiary alicyclic amines) is 1. The molecule has 8 heteroatoms. The molecule has 0 unspecified atom stereocenters. The number of carbonyl (C=O) groups excluding carboxylic acids is 2. The van der Waals surface area contributed by atoms with Crippen LogP contribution in [0.5, 0.6) is 0 Å². The monoisotopic (exact) mass is 323 g/mol. The van der Waals surface area contributed by atoms with Crippen molar-refractivity contribution in [3.63, 3.8) is 0 Å². The molecule has 0 aromatic carbocycles. The van der Waals surface area contributed by atoms with Crippen molar-refractivity contribution in [1.82, 2.24) is 20.1 Å². The number of hydrogen-bond acceptors (Lipinski definition) is 5. The van der Waals surface area contributed by atoms with Gasteiger partial charge < -0.3 is 4.74 Å². The molecule has 2 amide bonds. The third-order valence-corrected chi connectivity index (χ3v) is 3.47. The third-order valence-electron chi connectivity index (χ3n) is 3.47. The number of ether oxygens (including phenoxy) is 1. The zero-order chi connectivity index (χ0) is 17.2. The lowest BCUT2D eigenvalue weighted by molar-refractivity contribution is -0.120. The Balaban J connectivity index is 2.01. The van der Waals surface area contributed by atoms with Gasteiger partial charge in [-0.2, -0.15) is 4.98 Å². The number of nitrogens with one attached hydrogen (secondary N) is 2. The van der Waals surface area contributed by atoms with Crippen LogP contribution in [0, 0.1) is 0 Å². The predicted molar refractivity (Wildman–Crippen MR) is 85.1 cm³/mol. The molecule has 1 aliphatic rings. The van der Waals surface area contributed by atoms with Crippen LogP contribution in [0.3, 0.4) is 0 Å². The molecule has 0 spiro atoms. The fourth-order valence-corrected chi connectivity index (χ4v) is 2.36. The summed E-state index contributed by atoms with van der Waals surface area (Å²) in [6.45, 7) is 9.88. The van der Waals surface area contributed by atoms with Gasteiger partial charge in [0.1, 0.15) is 17.5 Å². The van der Waals surface area contributed by atoms with Crippen LogP contribution < -0.4 is 5.32 Å². The van der Waals surface area contributed by atoms with Crippen molar-refractivity contribution >= 4 is 17.9 Å². The number of rotatable bonds is 3. The maximum Gasteiger partial charge on any atom is 0.410 e. The molecule has 2 heterocycles. The molecule has 2 rings (SSSR count). The molecular formula is C15H25N5O3. The van der Waals surface area contributed by atoms with Gasteiger partial charge in [-0.25, -0.2) is 4.79 Å². The van der Waals surface area contributed by atoms with Gasteiger partial charge in [0.2, 0.25) is 11.9 Å². The lowest BCUT2D eigenvalue weighted by atomic mass is 10.2. The summed E-state index contributed by atoms with van der Waals surface area (Å²) in [5, 5.41) is 9.43. The summed E-state index contributed by atoms with van der Waals surface area (Å²) in [6, 6.07) is -0.550. The van der Waals surface area contributed by atoms with E-state index in [4.69, 9.17) is 4.74 Å². The van der Waals surface area contributed by atoms with Gasteiger partial charge in [-0.05, 0) is 33.6 Å². The Morgan fingerprint density at radius 1 is 1.39 bits per heavy atom. The van der Waals surface area contributed by atoms with Gasteiger partial charge in [-0.3, -0.25) is 20.1 Å². The minimum atomic E-state index is -0.587. The zero-order valence-electron chi connectivity index (χ0n) is 14.3. The topological polar surface area (TPSA) is 100 Å². The molecule has 0 bridgehead atoms. The Labute approximate surface area is 136 Å². The largest absolute Gasteiger partial charge is 0.444 e. The third kappa shape index (κ3) is 4.43. The van der Waals surface area contributed by atoms with Crippen LogP contribution >= 0.6 is 0 Å². The van der Waals surface area contributed by atoms with Gasteiger partial charge in [-0.1, -0.05) is 13.8 Å². The fraction of sp³-hybridized carbons (Fsp3) is 0.733. The Bertz CT molecular complexity index is 576. The molecule has 0 radical (unpaired) electrons. The van der Waals surface area contributed by atoms with E-state index < -0.39 is 17.7 Å². The smallest absolute Gasteiger partial charge is 0.410 e. The van der Waals surface area contributed by atoms with E-state index in [0.29, 0.717) is 18.8 Å². The average molecular weight is 323 g/mol. The van der Waals surface area contributed by atoms with Crippen molar-refractivity contribution in [1.29, 1.82) is 0 Å². The fourth-order valence-electron chi connectivity index (χ4n) is 2.36. The molecular weight excluding hydrogens is 298 g/mol. The van der Waals surface area contributed by atoms with Crippen LogP contribution in [-0.2, 0) is 9.53 Å². The Kier molecular flexibility index (Phi) is 4.91. The number of nitrogens with zero attached hydrogens (tertiary/aromatic N) is 3. The number of H-pyrrole nitrogens is 1. The summed E-state index contributed by atoms with van der Waals surface area (Å²) in [6.07, 6.45) is 0.905. The lowest BCUT2D eigenvalue weighted by Crippen LogP contribution is -2.45. The van der Waals surface area contributed by atoms with E-state index in [9.17, 15) is 9.59 Å². The van der Waals surface area contributed by atoms with E-state index in [1.54, 1.807) is 20.8 Å². The van der Waals surface area contributed by atoms with Crippen molar-refractivity contribution < 1.29 is 14.3 Å². The second-order valence-corrected chi connectivity index (χ2v) is 7.02. The minimum Gasteiger partial charge on any atom is -0.444 e. The van der Waals surface area contributed by atoms with Crippen molar-refractivity contribution in [3.8, 4) is 0 Å². The van der Waals surface area contributed by atoms with Gasteiger partial charge in [0.15, 0.2) is 0 Å². The first kappa shape index (κ1) is 17.2. The van der Waals surface area contributed by atoms with Gasteiger partial charge in [0.25, 0.3) is 0 Å². The number of amides is 2. The normalized spacial score (nSPS) is 18.3. The van der Waals surface area contributed by atoms with Crippen LogP contribution in [0.1, 0.15) is 59.2 Å². The summed E-state index contributed by atoms with van der Waals surface area (Å²) in [7, 11) is 0. The highest BCUT2D eigenvalue weighted by molar-refractivity contribution is 5.95. The Hall–Kier alpha value is -2.12. The first-order valence-electron chi connectivity index (χ1n) is 7.90. The zero-order valence-corrected chi connectivity index (χ0v) is 14.3. The highest BCUT2D eigenvalue weighted by Crippen LogP contribution is 2.22. The molecule has 1 atom stereocenters.